The van der Waals surface area contributed by atoms with Crippen LogP contribution in [0.15, 0.2) is 46.5 Å². The van der Waals surface area contributed by atoms with E-state index in [0.29, 0.717) is 17.5 Å². The maximum atomic E-state index is 12.0. The van der Waals surface area contributed by atoms with Gasteiger partial charge >= 0.3 is 0 Å². The van der Waals surface area contributed by atoms with Crippen LogP contribution in [-0.4, -0.2) is 32.5 Å². The first-order valence-corrected chi connectivity index (χ1v) is 9.55. The smallest absolute Gasteiger partial charge is 0.230 e. The summed E-state index contributed by atoms with van der Waals surface area (Å²) in [6, 6.07) is 8.08. The number of nitrogens with one attached hydrogen (secondary N) is 1. The van der Waals surface area contributed by atoms with E-state index >= 15 is 0 Å². The fourth-order valence-electron chi connectivity index (χ4n) is 2.05. The van der Waals surface area contributed by atoms with Gasteiger partial charge in [0.2, 0.25) is 5.91 Å². The number of hydrogen-bond acceptors (Lipinski definition) is 4. The average molecular weight is 409 g/mol. The number of nitrogens with zero attached hydrogens (tertiary/aromatic N) is 3. The highest BCUT2D eigenvalue weighted by Gasteiger charge is 2.15. The minimum atomic E-state index is 0.00712. The van der Waals surface area contributed by atoms with E-state index in [1.54, 1.807) is 6.08 Å². The molecule has 0 saturated heterocycles. The lowest BCUT2D eigenvalue weighted by Crippen LogP contribution is -2.33. The molecular formula is C17H21BrN4OS. The molecule has 1 heterocycles. The number of allylic oxidation sites excluding steroid dienone is 1. The lowest BCUT2D eigenvalue weighted by atomic mass is 10.2. The highest BCUT2D eigenvalue weighted by Crippen LogP contribution is 2.25. The van der Waals surface area contributed by atoms with Gasteiger partial charge in [-0.15, -0.1) is 16.8 Å². The third kappa shape index (κ3) is 4.95. The minimum Gasteiger partial charge on any atom is -0.353 e. The molecule has 0 aliphatic rings. The Kier molecular flexibility index (Phi) is 7.05. The van der Waals surface area contributed by atoms with Crippen molar-refractivity contribution >= 4 is 33.6 Å². The molecule has 7 heteroatoms. The van der Waals surface area contributed by atoms with Crippen molar-refractivity contribution in [2.75, 3.05) is 5.75 Å². The van der Waals surface area contributed by atoms with Crippen LogP contribution in [0.1, 0.15) is 20.3 Å². The summed E-state index contributed by atoms with van der Waals surface area (Å²) >= 11 is 4.82. The maximum absolute atomic E-state index is 12.0. The van der Waals surface area contributed by atoms with Gasteiger partial charge in [0, 0.05) is 22.6 Å². The first-order valence-electron chi connectivity index (χ1n) is 7.77. The zero-order valence-electron chi connectivity index (χ0n) is 13.8. The Morgan fingerprint density at radius 2 is 2.12 bits per heavy atom. The molecule has 0 aliphatic carbocycles. The van der Waals surface area contributed by atoms with Crippen LogP contribution < -0.4 is 5.32 Å². The van der Waals surface area contributed by atoms with Crippen LogP contribution in [0.3, 0.4) is 0 Å². The highest BCUT2D eigenvalue weighted by atomic mass is 79.9. The summed E-state index contributed by atoms with van der Waals surface area (Å²) in [5.41, 5.74) is 0.975. The van der Waals surface area contributed by atoms with E-state index in [1.165, 1.54) is 11.8 Å². The van der Waals surface area contributed by atoms with E-state index in [2.05, 4.69) is 38.0 Å². The zero-order chi connectivity index (χ0) is 17.5. The number of benzene rings is 1. The standard InChI is InChI=1S/C17H21BrN4OS/c1-4-10-22-16(13-6-8-14(18)9-7-13)20-21-17(22)24-11-15(23)19-12(3)5-2/h4,6-9,12H,1,5,10-11H2,2-3H3,(H,19,23)/t12-/m1/s1. The summed E-state index contributed by atoms with van der Waals surface area (Å²) in [7, 11) is 0. The van der Waals surface area contributed by atoms with Crippen LogP contribution in [0.2, 0.25) is 0 Å². The molecule has 0 fully saturated rings. The van der Waals surface area contributed by atoms with Crippen LogP contribution in [0.4, 0.5) is 0 Å². The number of carbonyl (C=O) groups is 1. The second-order valence-corrected chi connectivity index (χ2v) is 7.24. The van der Waals surface area contributed by atoms with Crippen molar-refractivity contribution in [2.45, 2.75) is 38.0 Å². The number of aromatic nitrogens is 3. The lowest BCUT2D eigenvalue weighted by molar-refractivity contribution is -0.119. The Bertz CT molecular complexity index is 699. The topological polar surface area (TPSA) is 59.8 Å². The lowest BCUT2D eigenvalue weighted by Gasteiger charge is -2.11. The first-order chi connectivity index (χ1) is 11.5. The molecule has 0 unspecified atom stereocenters. The molecule has 128 valence electrons. The van der Waals surface area contributed by atoms with Crippen molar-refractivity contribution in [3.05, 3.63) is 41.4 Å². The van der Waals surface area contributed by atoms with Gasteiger partial charge in [-0.1, -0.05) is 52.8 Å². The molecule has 0 aliphatic heterocycles. The minimum absolute atomic E-state index is 0.00712. The van der Waals surface area contributed by atoms with E-state index in [9.17, 15) is 4.79 Å². The third-order valence-electron chi connectivity index (χ3n) is 3.48. The van der Waals surface area contributed by atoms with Gasteiger partial charge in [-0.25, -0.2) is 0 Å². The van der Waals surface area contributed by atoms with Gasteiger partial charge in [0.25, 0.3) is 0 Å². The van der Waals surface area contributed by atoms with Crippen LogP contribution in [0.25, 0.3) is 11.4 Å². The Morgan fingerprint density at radius 1 is 1.42 bits per heavy atom. The van der Waals surface area contributed by atoms with Crippen molar-refractivity contribution in [1.82, 2.24) is 20.1 Å². The van der Waals surface area contributed by atoms with Crippen LogP contribution in [-0.2, 0) is 11.3 Å². The Morgan fingerprint density at radius 3 is 2.75 bits per heavy atom. The molecule has 0 bridgehead atoms. The summed E-state index contributed by atoms with van der Waals surface area (Å²) in [5.74, 6) is 1.10. The van der Waals surface area contributed by atoms with Gasteiger partial charge in [0.15, 0.2) is 11.0 Å². The molecule has 0 spiro atoms. The molecule has 5 nitrogen and oxygen atoms in total. The predicted molar refractivity (Wildman–Crippen MR) is 102 cm³/mol. The Labute approximate surface area is 155 Å². The number of carbonyl (C=O) groups excluding carboxylic acids is 1. The monoisotopic (exact) mass is 408 g/mol. The van der Waals surface area contributed by atoms with Crippen molar-refractivity contribution in [3.63, 3.8) is 0 Å². The molecule has 24 heavy (non-hydrogen) atoms. The normalized spacial score (nSPS) is 12.0. The number of thioether (sulfide) groups is 1. The average Bonchev–Trinajstić information content (AvgIpc) is 2.97. The molecule has 1 atom stereocenters. The van der Waals surface area contributed by atoms with Gasteiger partial charge in [0.05, 0.1) is 5.75 Å². The largest absolute Gasteiger partial charge is 0.353 e. The molecule has 1 amide bonds. The Balaban J connectivity index is 2.14. The van der Waals surface area contributed by atoms with Gasteiger partial charge in [0.1, 0.15) is 0 Å². The number of hydrogen-bond donors (Lipinski definition) is 1. The molecular weight excluding hydrogens is 388 g/mol. The van der Waals surface area contributed by atoms with Crippen LogP contribution in [0, 0.1) is 0 Å². The molecule has 0 saturated carbocycles. The molecule has 0 radical (unpaired) electrons. The maximum Gasteiger partial charge on any atom is 0.230 e. The van der Waals surface area contributed by atoms with E-state index < -0.39 is 0 Å². The number of halogens is 1. The van der Waals surface area contributed by atoms with E-state index in [-0.39, 0.29) is 11.9 Å². The quantitative estimate of drug-likeness (QED) is 0.531. The fourth-order valence-corrected chi connectivity index (χ4v) is 3.07. The van der Waals surface area contributed by atoms with Gasteiger partial charge in [-0.2, -0.15) is 0 Å². The summed E-state index contributed by atoms with van der Waals surface area (Å²) in [5, 5.41) is 12.2. The van der Waals surface area contributed by atoms with Crippen molar-refractivity contribution in [2.24, 2.45) is 0 Å². The summed E-state index contributed by atoms with van der Waals surface area (Å²) in [4.78, 5) is 12.0. The van der Waals surface area contributed by atoms with Crippen LogP contribution >= 0.6 is 27.7 Å². The molecule has 1 N–H and O–H groups in total. The van der Waals surface area contributed by atoms with Crippen molar-refractivity contribution < 1.29 is 4.79 Å². The zero-order valence-corrected chi connectivity index (χ0v) is 16.2. The van der Waals surface area contributed by atoms with Crippen LogP contribution in [0.5, 0.6) is 0 Å². The first kappa shape index (κ1) is 18.7. The van der Waals surface area contributed by atoms with E-state index in [4.69, 9.17) is 0 Å². The summed E-state index contributed by atoms with van der Waals surface area (Å²) in [6.45, 7) is 8.43. The molecule has 1 aromatic carbocycles. The molecule has 1 aromatic heterocycles. The van der Waals surface area contributed by atoms with Gasteiger partial charge < -0.3 is 5.32 Å². The summed E-state index contributed by atoms with van der Waals surface area (Å²) < 4.78 is 2.98. The third-order valence-corrected chi connectivity index (χ3v) is 4.98. The Hall–Kier alpha value is -1.60. The summed E-state index contributed by atoms with van der Waals surface area (Å²) in [6.07, 6.45) is 2.71. The molecule has 2 rings (SSSR count). The SMILES string of the molecule is C=CCn1c(SCC(=O)N[C@H](C)CC)nnc1-c1ccc(Br)cc1. The van der Waals surface area contributed by atoms with Gasteiger partial charge in [-0.05, 0) is 25.5 Å². The predicted octanol–water partition coefficient (Wildman–Crippen LogP) is 3.90. The van der Waals surface area contributed by atoms with Crippen molar-refractivity contribution in [1.29, 1.82) is 0 Å². The molecule has 2 aromatic rings. The number of amides is 1. The van der Waals surface area contributed by atoms with Gasteiger partial charge in [-0.3, -0.25) is 9.36 Å². The number of rotatable bonds is 8. The van der Waals surface area contributed by atoms with E-state index in [0.717, 1.165) is 22.3 Å². The highest BCUT2D eigenvalue weighted by molar-refractivity contribution is 9.10. The second-order valence-electron chi connectivity index (χ2n) is 5.38. The van der Waals surface area contributed by atoms with Crippen molar-refractivity contribution in [3.8, 4) is 11.4 Å². The fraction of sp³-hybridized carbons (Fsp3) is 0.353. The second kappa shape index (κ2) is 9.03. The van der Waals surface area contributed by atoms with E-state index in [1.807, 2.05) is 42.7 Å².